The summed E-state index contributed by atoms with van der Waals surface area (Å²) in [6.45, 7) is -1.75. The molecule has 0 saturated heterocycles. The summed E-state index contributed by atoms with van der Waals surface area (Å²) in [4.78, 5) is 26.1. The normalized spacial score (nSPS) is 13.2. The first-order chi connectivity index (χ1) is 12.6. The lowest BCUT2D eigenvalue weighted by Gasteiger charge is -2.24. The van der Waals surface area contributed by atoms with Gasteiger partial charge in [-0.2, -0.15) is 0 Å². The third-order valence-electron chi connectivity index (χ3n) is 3.55. The van der Waals surface area contributed by atoms with Crippen molar-refractivity contribution in [1.82, 2.24) is 4.90 Å². The van der Waals surface area contributed by atoms with E-state index in [4.69, 9.17) is 10.2 Å². The average molecular weight is 720 g/mol. The standard InChI is InChI=1S/C15H19I3N2O7/c1-20(2-6(24)3-21)15(27)9-10(16)7(4-22)11(17)13(12(9)18)19-14(26)8(25)5-23/h6,8,21-25H,2-5H2,1H3,(H,19,26). The van der Waals surface area contributed by atoms with Crippen molar-refractivity contribution in [2.45, 2.75) is 18.8 Å². The second kappa shape index (κ2) is 11.4. The zero-order chi connectivity index (χ0) is 20.9. The van der Waals surface area contributed by atoms with Gasteiger partial charge in [-0.25, -0.2) is 0 Å². The number of halogens is 3. The van der Waals surface area contributed by atoms with Gasteiger partial charge in [-0.15, -0.1) is 0 Å². The van der Waals surface area contributed by atoms with E-state index in [0.717, 1.165) is 0 Å². The van der Waals surface area contributed by atoms with Crippen LogP contribution in [-0.4, -0.2) is 81.3 Å². The molecule has 27 heavy (non-hydrogen) atoms. The Labute approximate surface area is 196 Å². The number of aliphatic hydroxyl groups excluding tert-OH is 5. The van der Waals surface area contributed by atoms with E-state index in [1.807, 2.05) is 67.8 Å². The largest absolute Gasteiger partial charge is 0.394 e. The number of amides is 2. The Morgan fingerprint density at radius 1 is 1.04 bits per heavy atom. The summed E-state index contributed by atoms with van der Waals surface area (Å²) in [5.74, 6) is -1.32. The molecule has 152 valence electrons. The lowest BCUT2D eigenvalue weighted by atomic mass is 10.1. The molecule has 9 nitrogen and oxygen atoms in total. The molecule has 1 rings (SSSR count). The Kier molecular flexibility index (Phi) is 10.6. The number of benzene rings is 1. The first-order valence-corrected chi connectivity index (χ1v) is 10.8. The number of nitrogens with one attached hydrogen (secondary N) is 1. The number of rotatable bonds is 8. The molecule has 0 saturated carbocycles. The number of aliphatic hydroxyl groups is 5. The number of likely N-dealkylation sites (N-methyl/N-ethyl adjacent to an activating group) is 1. The summed E-state index contributed by atoms with van der Waals surface area (Å²) < 4.78 is 1.37. The summed E-state index contributed by atoms with van der Waals surface area (Å²) in [7, 11) is 1.46. The van der Waals surface area contributed by atoms with E-state index in [-0.39, 0.29) is 24.4 Å². The third kappa shape index (κ3) is 6.06. The van der Waals surface area contributed by atoms with Crippen molar-refractivity contribution in [3.63, 3.8) is 0 Å². The van der Waals surface area contributed by atoms with Crippen LogP contribution in [0, 0.1) is 10.7 Å². The zero-order valence-electron chi connectivity index (χ0n) is 14.1. The number of carbonyl (C=O) groups is 2. The molecule has 6 N–H and O–H groups in total. The van der Waals surface area contributed by atoms with Crippen LogP contribution in [0.2, 0.25) is 0 Å². The highest BCUT2D eigenvalue weighted by Gasteiger charge is 2.28. The monoisotopic (exact) mass is 720 g/mol. The van der Waals surface area contributed by atoms with Gasteiger partial charge in [0.25, 0.3) is 11.8 Å². The summed E-state index contributed by atoms with van der Waals surface area (Å²) in [5, 5.41) is 49.2. The first kappa shape index (κ1) is 25.2. The lowest BCUT2D eigenvalue weighted by molar-refractivity contribution is -0.125. The van der Waals surface area contributed by atoms with Crippen molar-refractivity contribution in [3.05, 3.63) is 21.8 Å². The highest BCUT2D eigenvalue weighted by atomic mass is 127. The molecule has 0 aliphatic heterocycles. The minimum atomic E-state index is -1.63. The highest BCUT2D eigenvalue weighted by Crippen LogP contribution is 2.36. The smallest absolute Gasteiger partial charge is 0.255 e. The van der Waals surface area contributed by atoms with Crippen molar-refractivity contribution in [3.8, 4) is 0 Å². The van der Waals surface area contributed by atoms with E-state index in [1.54, 1.807) is 0 Å². The molecule has 0 heterocycles. The van der Waals surface area contributed by atoms with Gasteiger partial charge in [0.15, 0.2) is 6.10 Å². The number of hydrogen-bond acceptors (Lipinski definition) is 7. The van der Waals surface area contributed by atoms with Crippen molar-refractivity contribution in [2.75, 3.05) is 32.1 Å². The fourth-order valence-electron chi connectivity index (χ4n) is 2.09. The van der Waals surface area contributed by atoms with Gasteiger partial charge in [0.05, 0.1) is 40.7 Å². The second-order valence-corrected chi connectivity index (χ2v) is 8.77. The summed E-state index contributed by atoms with van der Waals surface area (Å²) in [6, 6.07) is 0. The van der Waals surface area contributed by atoms with Crippen molar-refractivity contribution in [2.24, 2.45) is 0 Å². The van der Waals surface area contributed by atoms with Gasteiger partial charge in [-0.1, -0.05) is 0 Å². The summed E-state index contributed by atoms with van der Waals surface area (Å²) in [5.41, 5.74) is 0.865. The topological polar surface area (TPSA) is 151 Å². The van der Waals surface area contributed by atoms with Gasteiger partial charge in [0.1, 0.15) is 0 Å². The molecule has 1 aromatic carbocycles. The van der Waals surface area contributed by atoms with Crippen LogP contribution in [0.3, 0.4) is 0 Å². The number of nitrogens with zero attached hydrogens (tertiary/aromatic N) is 1. The van der Waals surface area contributed by atoms with Gasteiger partial charge in [-0.3, -0.25) is 9.59 Å². The zero-order valence-corrected chi connectivity index (χ0v) is 20.6. The molecule has 0 spiro atoms. The van der Waals surface area contributed by atoms with Gasteiger partial charge < -0.3 is 35.7 Å². The van der Waals surface area contributed by atoms with Crippen molar-refractivity contribution < 1.29 is 35.1 Å². The van der Waals surface area contributed by atoms with E-state index in [0.29, 0.717) is 16.3 Å². The molecule has 0 fully saturated rings. The van der Waals surface area contributed by atoms with Crippen molar-refractivity contribution >= 4 is 85.3 Å². The van der Waals surface area contributed by atoms with E-state index in [1.165, 1.54) is 11.9 Å². The van der Waals surface area contributed by atoms with E-state index in [2.05, 4.69) is 5.32 Å². The molecule has 2 unspecified atom stereocenters. The van der Waals surface area contributed by atoms with Crippen LogP contribution >= 0.6 is 67.8 Å². The Hall–Kier alpha value is 0.150. The molecule has 0 radical (unpaired) electrons. The molecule has 0 aliphatic rings. The first-order valence-electron chi connectivity index (χ1n) is 7.54. The van der Waals surface area contributed by atoms with Crippen LogP contribution in [0.4, 0.5) is 5.69 Å². The van der Waals surface area contributed by atoms with E-state index in [9.17, 15) is 24.9 Å². The minimum absolute atomic E-state index is 0.104. The SMILES string of the molecule is CN(CC(O)CO)C(=O)c1c(I)c(CO)c(I)c(NC(=O)C(O)CO)c1I. The average Bonchev–Trinajstić information content (AvgIpc) is 2.64. The van der Waals surface area contributed by atoms with Crippen LogP contribution < -0.4 is 5.32 Å². The highest BCUT2D eigenvalue weighted by molar-refractivity contribution is 14.1. The van der Waals surface area contributed by atoms with Gasteiger partial charge in [0, 0.05) is 26.3 Å². The molecule has 0 bridgehead atoms. The third-order valence-corrected chi connectivity index (χ3v) is 7.01. The molecule has 2 amide bonds. The van der Waals surface area contributed by atoms with Crippen LogP contribution in [-0.2, 0) is 11.4 Å². The Morgan fingerprint density at radius 3 is 2.11 bits per heavy atom. The summed E-state index contributed by atoms with van der Waals surface area (Å²) >= 11 is 5.72. The maximum Gasteiger partial charge on any atom is 0.255 e. The van der Waals surface area contributed by atoms with Gasteiger partial charge in [-0.05, 0) is 67.8 Å². The number of hydrogen-bond donors (Lipinski definition) is 6. The minimum Gasteiger partial charge on any atom is -0.394 e. The molecule has 0 aromatic heterocycles. The van der Waals surface area contributed by atoms with Crippen molar-refractivity contribution in [1.29, 1.82) is 0 Å². The van der Waals surface area contributed by atoms with Gasteiger partial charge >= 0.3 is 0 Å². The molecule has 0 aliphatic carbocycles. The Morgan fingerprint density at radius 2 is 1.63 bits per heavy atom. The predicted octanol–water partition coefficient (Wildman–Crippen LogP) is -0.290. The lowest BCUT2D eigenvalue weighted by Crippen LogP contribution is -2.37. The van der Waals surface area contributed by atoms with E-state index < -0.39 is 37.2 Å². The van der Waals surface area contributed by atoms with E-state index >= 15 is 0 Å². The molecule has 12 heteroatoms. The van der Waals surface area contributed by atoms with Crippen LogP contribution in [0.1, 0.15) is 15.9 Å². The molecular formula is C15H19I3N2O7. The quantitative estimate of drug-likeness (QED) is 0.202. The summed E-state index contributed by atoms with van der Waals surface area (Å²) in [6.07, 6.45) is -2.73. The van der Waals surface area contributed by atoms with Crippen LogP contribution in [0.15, 0.2) is 0 Å². The molecule has 2 atom stereocenters. The fraction of sp³-hybridized carbons (Fsp3) is 0.467. The van der Waals surface area contributed by atoms with Crippen LogP contribution in [0.5, 0.6) is 0 Å². The molecule has 1 aromatic rings. The maximum atomic E-state index is 12.9. The Bertz CT molecular complexity index is 717. The molecular weight excluding hydrogens is 701 g/mol. The Balaban J connectivity index is 3.46. The second-order valence-electron chi connectivity index (χ2n) is 5.54. The predicted molar refractivity (Wildman–Crippen MR) is 122 cm³/mol. The fourth-order valence-corrected chi connectivity index (χ4v) is 6.33. The number of anilines is 1. The van der Waals surface area contributed by atoms with Crippen LogP contribution in [0.25, 0.3) is 0 Å². The maximum absolute atomic E-state index is 12.9. The van der Waals surface area contributed by atoms with Gasteiger partial charge in [0.2, 0.25) is 0 Å². The number of carbonyl (C=O) groups excluding carboxylic acids is 2.